The van der Waals surface area contributed by atoms with E-state index in [-0.39, 0.29) is 0 Å². The number of oxazole rings is 2. The lowest BCUT2D eigenvalue weighted by Crippen LogP contribution is -2.25. The molecule has 4 aromatic carbocycles. The van der Waals surface area contributed by atoms with Gasteiger partial charge in [-0.3, -0.25) is 0 Å². The Morgan fingerprint density at radius 3 is 1.67 bits per heavy atom. The molecule has 0 fully saturated rings. The summed E-state index contributed by atoms with van der Waals surface area (Å²) in [5, 5.41) is 3.27. The van der Waals surface area contributed by atoms with Crippen molar-refractivity contribution < 1.29 is 8.83 Å². The van der Waals surface area contributed by atoms with E-state index in [2.05, 4.69) is 48.5 Å². The fourth-order valence-corrected chi connectivity index (χ4v) is 5.99. The number of nitrogens with zero attached hydrogens (tertiary/aromatic N) is 6. The molecular formula is C37H36N8O2S. The van der Waals surface area contributed by atoms with Gasteiger partial charge in [0.1, 0.15) is 22.7 Å². The SMILES string of the molecule is CCC(=S)NCCn1c(C)nc2cc(-c3nc4ccccc4o3)ccc21.Cc1nc2cc(-c3nc4ccccc4o3)ccc2n1CCN. The maximum Gasteiger partial charge on any atom is 0.227 e. The summed E-state index contributed by atoms with van der Waals surface area (Å²) < 4.78 is 16.0. The largest absolute Gasteiger partial charge is 0.436 e. The Kier molecular flexibility index (Phi) is 8.70. The van der Waals surface area contributed by atoms with Crippen LogP contribution in [0.2, 0.25) is 0 Å². The van der Waals surface area contributed by atoms with Crippen LogP contribution < -0.4 is 11.1 Å². The Morgan fingerprint density at radius 2 is 1.19 bits per heavy atom. The second-order valence-electron chi connectivity index (χ2n) is 11.5. The third-order valence-electron chi connectivity index (χ3n) is 8.29. The van der Waals surface area contributed by atoms with Crippen molar-refractivity contribution >= 4 is 61.5 Å². The summed E-state index contributed by atoms with van der Waals surface area (Å²) in [6, 6.07) is 27.8. The molecule has 0 bridgehead atoms. The minimum Gasteiger partial charge on any atom is -0.436 e. The van der Waals surface area contributed by atoms with E-state index < -0.39 is 0 Å². The molecule has 48 heavy (non-hydrogen) atoms. The molecule has 0 spiro atoms. The summed E-state index contributed by atoms with van der Waals surface area (Å²) in [5.41, 5.74) is 14.9. The maximum absolute atomic E-state index is 5.87. The molecule has 0 amide bonds. The van der Waals surface area contributed by atoms with Crippen molar-refractivity contribution in [1.82, 2.24) is 34.4 Å². The van der Waals surface area contributed by atoms with Gasteiger partial charge in [0, 0.05) is 37.3 Å². The van der Waals surface area contributed by atoms with Gasteiger partial charge in [-0.05, 0) is 80.9 Å². The van der Waals surface area contributed by atoms with Crippen LogP contribution in [0.1, 0.15) is 25.0 Å². The Labute approximate surface area is 282 Å². The van der Waals surface area contributed by atoms with Crippen LogP contribution in [0.4, 0.5) is 0 Å². The lowest BCUT2D eigenvalue weighted by Gasteiger charge is -2.09. The first kappa shape index (κ1) is 31.2. The van der Waals surface area contributed by atoms with Crippen LogP contribution in [-0.4, -0.2) is 47.1 Å². The van der Waals surface area contributed by atoms with Gasteiger partial charge in [0.15, 0.2) is 11.2 Å². The van der Waals surface area contributed by atoms with Gasteiger partial charge in [0.2, 0.25) is 11.8 Å². The van der Waals surface area contributed by atoms with Crippen molar-refractivity contribution in [2.75, 3.05) is 13.1 Å². The monoisotopic (exact) mass is 656 g/mol. The van der Waals surface area contributed by atoms with Crippen molar-refractivity contribution in [3.05, 3.63) is 96.6 Å². The predicted molar refractivity (Wildman–Crippen MR) is 195 cm³/mol. The Bertz CT molecular complexity index is 2330. The van der Waals surface area contributed by atoms with Gasteiger partial charge >= 0.3 is 0 Å². The van der Waals surface area contributed by atoms with E-state index in [9.17, 15) is 0 Å². The van der Waals surface area contributed by atoms with Crippen molar-refractivity contribution in [2.24, 2.45) is 5.73 Å². The second kappa shape index (κ2) is 13.4. The van der Waals surface area contributed by atoms with E-state index in [0.29, 0.717) is 18.3 Å². The highest BCUT2D eigenvalue weighted by atomic mass is 32.1. The number of aryl methyl sites for hydroxylation is 2. The number of hydrogen-bond acceptors (Lipinski definition) is 8. The molecule has 4 aromatic heterocycles. The van der Waals surface area contributed by atoms with Gasteiger partial charge in [0.25, 0.3) is 0 Å². The van der Waals surface area contributed by atoms with Crippen molar-refractivity contribution in [1.29, 1.82) is 0 Å². The number of para-hydroxylation sites is 4. The normalized spacial score (nSPS) is 11.4. The standard InChI is InChI=1S/C20H20N4OS.C17H16N4O/c1-3-19(26)21-10-11-24-13(2)22-16-12-14(8-9-17(16)24)20-23-15-6-4-5-7-18(15)25-20;1-11-19-14-10-12(6-7-15(14)21(11)9-8-18)17-20-13-4-2-3-5-16(13)22-17/h4-9,12H,3,10-11H2,1-2H3,(H,21,26);2-7,10H,8-9,18H2,1H3. The van der Waals surface area contributed by atoms with Gasteiger partial charge in [-0.1, -0.05) is 43.4 Å². The van der Waals surface area contributed by atoms with Gasteiger partial charge < -0.3 is 29.0 Å². The van der Waals surface area contributed by atoms with Crippen LogP contribution in [0.15, 0.2) is 93.8 Å². The highest BCUT2D eigenvalue weighted by Gasteiger charge is 2.14. The number of nitrogens with one attached hydrogen (secondary N) is 1. The summed E-state index contributed by atoms with van der Waals surface area (Å²) in [5.74, 6) is 3.19. The van der Waals surface area contributed by atoms with Gasteiger partial charge in [-0.15, -0.1) is 0 Å². The fraction of sp³-hybridized carbons (Fsp3) is 0.216. The van der Waals surface area contributed by atoms with Gasteiger partial charge in [-0.2, -0.15) is 0 Å². The van der Waals surface area contributed by atoms with E-state index in [1.54, 1.807) is 0 Å². The molecule has 0 aliphatic rings. The number of benzene rings is 4. The molecule has 8 rings (SSSR count). The number of aromatic nitrogens is 6. The smallest absolute Gasteiger partial charge is 0.227 e. The first-order valence-electron chi connectivity index (χ1n) is 16.0. The third kappa shape index (κ3) is 6.17. The van der Waals surface area contributed by atoms with E-state index in [1.807, 2.05) is 86.6 Å². The lowest BCUT2D eigenvalue weighted by atomic mass is 10.2. The minimum absolute atomic E-state index is 0.596. The summed E-state index contributed by atoms with van der Waals surface area (Å²) in [6.45, 7) is 9.06. The molecule has 0 atom stereocenters. The van der Waals surface area contributed by atoms with Crippen LogP contribution in [-0.2, 0) is 13.1 Å². The van der Waals surface area contributed by atoms with Crippen LogP contribution in [0.3, 0.4) is 0 Å². The number of nitrogens with two attached hydrogens (primary N) is 1. The molecule has 0 unspecified atom stereocenters. The van der Waals surface area contributed by atoms with E-state index in [4.69, 9.17) is 31.8 Å². The predicted octanol–water partition coefficient (Wildman–Crippen LogP) is 7.59. The Balaban J connectivity index is 0.000000154. The fourth-order valence-electron chi connectivity index (χ4n) is 5.88. The Morgan fingerprint density at radius 1 is 0.688 bits per heavy atom. The zero-order valence-electron chi connectivity index (χ0n) is 27.1. The molecule has 11 heteroatoms. The third-order valence-corrected chi connectivity index (χ3v) is 8.72. The average Bonchev–Trinajstić information content (AvgIpc) is 3.87. The average molecular weight is 657 g/mol. The molecule has 0 aliphatic heterocycles. The van der Waals surface area contributed by atoms with Crippen molar-refractivity contribution in [2.45, 2.75) is 40.3 Å². The molecule has 0 aliphatic carbocycles. The summed E-state index contributed by atoms with van der Waals surface area (Å²) >= 11 is 5.22. The number of thiocarbonyl (C=S) groups is 1. The molecule has 0 radical (unpaired) electrons. The lowest BCUT2D eigenvalue weighted by molar-refractivity contribution is 0.619. The first-order chi connectivity index (χ1) is 23.4. The highest BCUT2D eigenvalue weighted by Crippen LogP contribution is 2.29. The molecule has 242 valence electrons. The topological polar surface area (TPSA) is 126 Å². The quantitative estimate of drug-likeness (QED) is 0.159. The summed E-state index contributed by atoms with van der Waals surface area (Å²) in [6.07, 6.45) is 0.868. The zero-order valence-corrected chi connectivity index (χ0v) is 27.9. The minimum atomic E-state index is 0.596. The van der Waals surface area contributed by atoms with Crippen LogP contribution in [0, 0.1) is 13.8 Å². The molecule has 4 heterocycles. The maximum atomic E-state index is 5.87. The van der Waals surface area contributed by atoms with Gasteiger partial charge in [-0.25, -0.2) is 19.9 Å². The second-order valence-corrected chi connectivity index (χ2v) is 12.0. The number of imidazole rings is 2. The van der Waals surface area contributed by atoms with E-state index >= 15 is 0 Å². The van der Waals surface area contributed by atoms with Crippen molar-refractivity contribution in [3.8, 4) is 22.9 Å². The Hall–Kier alpha value is -5.39. The molecular weight excluding hydrogens is 621 g/mol. The van der Waals surface area contributed by atoms with Crippen LogP contribution in [0.5, 0.6) is 0 Å². The molecule has 0 saturated heterocycles. The van der Waals surface area contributed by atoms with Crippen LogP contribution in [0.25, 0.3) is 67.2 Å². The van der Waals surface area contributed by atoms with Crippen molar-refractivity contribution in [3.63, 3.8) is 0 Å². The molecule has 3 N–H and O–H groups in total. The van der Waals surface area contributed by atoms with E-state index in [0.717, 1.165) is 98.1 Å². The number of hydrogen-bond donors (Lipinski definition) is 2. The molecule has 0 saturated carbocycles. The van der Waals surface area contributed by atoms with E-state index in [1.165, 1.54) is 0 Å². The summed E-state index contributed by atoms with van der Waals surface area (Å²) in [4.78, 5) is 19.3. The number of fused-ring (bicyclic) bond motifs is 4. The number of rotatable bonds is 8. The van der Waals surface area contributed by atoms with Crippen LogP contribution >= 0.6 is 12.2 Å². The van der Waals surface area contributed by atoms with Gasteiger partial charge in [0.05, 0.1) is 27.1 Å². The first-order valence-corrected chi connectivity index (χ1v) is 16.4. The molecule has 10 nitrogen and oxygen atoms in total. The zero-order chi connectivity index (χ0) is 33.2. The highest BCUT2D eigenvalue weighted by molar-refractivity contribution is 7.80. The molecule has 8 aromatic rings. The summed E-state index contributed by atoms with van der Waals surface area (Å²) in [7, 11) is 0.